The SMILES string of the molecule is N#Cc1ccc(-c2cc(C3N=C(c4ccccc4)N=C(c4ccccc4)N3)ccc2-c2ccccc2C2=NC(c3ccccc3)NC(c3cccc4ccccc34)=C2)cc1. The first-order valence-corrected chi connectivity index (χ1v) is 20.1. The molecule has 2 atom stereocenters. The topological polar surface area (TPSA) is 84.9 Å². The fourth-order valence-corrected chi connectivity index (χ4v) is 8.04. The minimum Gasteiger partial charge on any atom is -0.359 e. The second-order valence-electron chi connectivity index (χ2n) is 14.8. The zero-order chi connectivity index (χ0) is 40.3. The summed E-state index contributed by atoms with van der Waals surface area (Å²) in [6.45, 7) is 0. The minimum absolute atomic E-state index is 0.303. The Kier molecular flexibility index (Phi) is 9.67. The molecular weight excluding hydrogens is 733 g/mol. The van der Waals surface area contributed by atoms with E-state index in [1.807, 2.05) is 78.9 Å². The Labute approximate surface area is 349 Å². The van der Waals surface area contributed by atoms with Crippen molar-refractivity contribution in [2.45, 2.75) is 12.3 Å². The van der Waals surface area contributed by atoms with Crippen LogP contribution in [0.1, 0.15) is 51.3 Å². The van der Waals surface area contributed by atoms with Gasteiger partial charge >= 0.3 is 0 Å². The van der Waals surface area contributed by atoms with E-state index < -0.39 is 6.17 Å². The molecule has 10 rings (SSSR count). The Balaban J connectivity index is 1.13. The van der Waals surface area contributed by atoms with Gasteiger partial charge in [0.1, 0.15) is 18.2 Å². The molecule has 0 saturated carbocycles. The van der Waals surface area contributed by atoms with Crippen LogP contribution in [0, 0.1) is 11.3 Å². The second-order valence-corrected chi connectivity index (χ2v) is 14.8. The van der Waals surface area contributed by atoms with Crippen LogP contribution in [0.4, 0.5) is 0 Å². The number of hydrogen-bond acceptors (Lipinski definition) is 6. The first-order valence-electron chi connectivity index (χ1n) is 20.1. The van der Waals surface area contributed by atoms with E-state index >= 15 is 0 Å². The maximum absolute atomic E-state index is 9.72. The summed E-state index contributed by atoms with van der Waals surface area (Å²) in [6.07, 6.45) is 1.47. The lowest BCUT2D eigenvalue weighted by molar-refractivity contribution is 0.664. The van der Waals surface area contributed by atoms with Crippen molar-refractivity contribution < 1.29 is 0 Å². The number of amidine groups is 2. The quantitative estimate of drug-likeness (QED) is 0.161. The molecule has 284 valence electrons. The maximum Gasteiger partial charge on any atom is 0.159 e. The van der Waals surface area contributed by atoms with E-state index in [1.54, 1.807) is 0 Å². The van der Waals surface area contributed by atoms with Gasteiger partial charge in [0.2, 0.25) is 0 Å². The summed E-state index contributed by atoms with van der Waals surface area (Å²) in [7, 11) is 0. The van der Waals surface area contributed by atoms with Gasteiger partial charge in [0.15, 0.2) is 5.84 Å². The summed E-state index contributed by atoms with van der Waals surface area (Å²) in [6, 6.07) is 70.8. The van der Waals surface area contributed by atoms with Crippen molar-refractivity contribution in [2.24, 2.45) is 15.0 Å². The van der Waals surface area contributed by atoms with E-state index in [-0.39, 0.29) is 6.17 Å². The van der Waals surface area contributed by atoms with E-state index in [0.29, 0.717) is 11.4 Å². The summed E-state index contributed by atoms with van der Waals surface area (Å²) < 4.78 is 0. The molecule has 60 heavy (non-hydrogen) atoms. The zero-order valence-electron chi connectivity index (χ0n) is 32.6. The Hall–Kier alpha value is -8.14. The van der Waals surface area contributed by atoms with Crippen LogP contribution in [0.3, 0.4) is 0 Å². The fraction of sp³-hybridized carbons (Fsp3) is 0.0370. The van der Waals surface area contributed by atoms with Crippen molar-refractivity contribution in [3.63, 3.8) is 0 Å². The first kappa shape index (κ1) is 36.2. The van der Waals surface area contributed by atoms with E-state index in [0.717, 1.165) is 72.9 Å². The number of nitrogens with one attached hydrogen (secondary N) is 2. The Morgan fingerprint density at radius 3 is 1.83 bits per heavy atom. The van der Waals surface area contributed by atoms with Crippen LogP contribution in [0.25, 0.3) is 38.7 Å². The van der Waals surface area contributed by atoms with E-state index in [4.69, 9.17) is 15.0 Å². The first-order chi connectivity index (χ1) is 29.7. The average Bonchev–Trinajstić information content (AvgIpc) is 3.34. The van der Waals surface area contributed by atoms with Gasteiger partial charge in [0.25, 0.3) is 0 Å². The third kappa shape index (κ3) is 7.17. The highest BCUT2D eigenvalue weighted by atomic mass is 15.2. The Bertz CT molecular complexity index is 3030. The van der Waals surface area contributed by atoms with Crippen LogP contribution in [0.2, 0.25) is 0 Å². The smallest absolute Gasteiger partial charge is 0.159 e. The Morgan fingerprint density at radius 1 is 0.450 bits per heavy atom. The molecule has 0 amide bonds. The van der Waals surface area contributed by atoms with Gasteiger partial charge in [-0.2, -0.15) is 5.26 Å². The van der Waals surface area contributed by atoms with Gasteiger partial charge in [-0.1, -0.05) is 182 Å². The van der Waals surface area contributed by atoms with Gasteiger partial charge in [-0.15, -0.1) is 0 Å². The van der Waals surface area contributed by atoms with Gasteiger partial charge in [-0.25, -0.2) is 9.98 Å². The molecule has 0 bridgehead atoms. The molecule has 0 saturated heterocycles. The van der Waals surface area contributed by atoms with Crippen LogP contribution in [0.15, 0.2) is 221 Å². The molecule has 6 heteroatoms. The molecule has 2 heterocycles. The summed E-state index contributed by atoms with van der Waals surface area (Å²) >= 11 is 0. The molecule has 8 aromatic rings. The lowest BCUT2D eigenvalue weighted by Crippen LogP contribution is -2.33. The van der Waals surface area contributed by atoms with Crippen molar-refractivity contribution in [3.8, 4) is 28.3 Å². The van der Waals surface area contributed by atoms with E-state index in [1.165, 1.54) is 10.8 Å². The van der Waals surface area contributed by atoms with Crippen molar-refractivity contribution in [2.75, 3.05) is 0 Å². The standard InChI is InChI=1S/C54H38N6/c55-35-36-27-29-38(30-28-36)48-33-42(54-59-52(40-18-6-2-7-19-40)58-53(60-54)41-20-8-3-9-21-41)31-32-45(48)44-24-12-13-25-47(44)50-34-49(56-51(57-50)39-16-4-1-5-17-39)46-26-14-22-37-15-10-11-23-43(37)46/h1-34,51,54,56H,(H,58,59,60). The van der Waals surface area contributed by atoms with Gasteiger partial charge in [0, 0.05) is 28.0 Å². The summed E-state index contributed by atoms with van der Waals surface area (Å²) in [5.74, 6) is 1.42. The summed E-state index contributed by atoms with van der Waals surface area (Å²) in [5.41, 5.74) is 12.7. The number of aliphatic imine (C=N–C) groups is 3. The molecule has 0 aromatic heterocycles. The highest BCUT2D eigenvalue weighted by Gasteiger charge is 2.25. The maximum atomic E-state index is 9.72. The van der Waals surface area contributed by atoms with Crippen molar-refractivity contribution >= 4 is 33.9 Å². The average molecular weight is 771 g/mol. The number of allylic oxidation sites excluding steroid dienone is 1. The van der Waals surface area contributed by atoms with Gasteiger partial charge in [-0.3, -0.25) is 4.99 Å². The number of rotatable bonds is 8. The molecular formula is C54H38N6. The van der Waals surface area contributed by atoms with Crippen LogP contribution >= 0.6 is 0 Å². The lowest BCUT2D eigenvalue weighted by atomic mass is 9.87. The number of nitrogens with zero attached hydrogens (tertiary/aromatic N) is 4. The monoisotopic (exact) mass is 770 g/mol. The lowest BCUT2D eigenvalue weighted by Gasteiger charge is -2.27. The highest BCUT2D eigenvalue weighted by Crippen LogP contribution is 2.39. The fourth-order valence-electron chi connectivity index (χ4n) is 8.04. The molecule has 8 aromatic carbocycles. The van der Waals surface area contributed by atoms with Gasteiger partial charge < -0.3 is 10.6 Å². The molecule has 6 nitrogen and oxygen atoms in total. The van der Waals surface area contributed by atoms with Crippen LogP contribution < -0.4 is 10.6 Å². The number of fused-ring (bicyclic) bond motifs is 1. The largest absolute Gasteiger partial charge is 0.359 e. The molecule has 0 radical (unpaired) electrons. The molecule has 2 aliphatic rings. The van der Waals surface area contributed by atoms with Crippen molar-refractivity contribution in [1.82, 2.24) is 10.6 Å². The third-order valence-corrected chi connectivity index (χ3v) is 11.0. The second kappa shape index (κ2) is 16.0. The van der Waals surface area contributed by atoms with Crippen molar-refractivity contribution in [3.05, 3.63) is 245 Å². The number of benzene rings is 8. The zero-order valence-corrected chi connectivity index (χ0v) is 32.6. The highest BCUT2D eigenvalue weighted by molar-refractivity contribution is 6.18. The molecule has 2 aliphatic heterocycles. The molecule has 2 unspecified atom stereocenters. The summed E-state index contributed by atoms with van der Waals surface area (Å²) in [4.78, 5) is 15.6. The van der Waals surface area contributed by atoms with Crippen molar-refractivity contribution in [1.29, 1.82) is 5.26 Å². The molecule has 0 spiro atoms. The summed E-state index contributed by atoms with van der Waals surface area (Å²) in [5, 5.41) is 19.5. The van der Waals surface area contributed by atoms with Gasteiger partial charge in [-0.05, 0) is 68.4 Å². The minimum atomic E-state index is -0.416. The number of hydrogen-bond donors (Lipinski definition) is 2. The Morgan fingerprint density at radius 2 is 1.07 bits per heavy atom. The predicted molar refractivity (Wildman–Crippen MR) is 245 cm³/mol. The number of nitriles is 1. The van der Waals surface area contributed by atoms with Crippen LogP contribution in [-0.4, -0.2) is 17.4 Å². The molecule has 0 aliphatic carbocycles. The van der Waals surface area contributed by atoms with E-state index in [9.17, 15) is 5.26 Å². The van der Waals surface area contributed by atoms with E-state index in [2.05, 4.69) is 144 Å². The van der Waals surface area contributed by atoms with Gasteiger partial charge in [0.05, 0.1) is 17.3 Å². The van der Waals surface area contributed by atoms with Crippen LogP contribution in [-0.2, 0) is 0 Å². The molecule has 0 fully saturated rings. The normalized spacial score (nSPS) is 16.0. The third-order valence-electron chi connectivity index (χ3n) is 11.0. The molecule has 2 N–H and O–H groups in total. The van der Waals surface area contributed by atoms with Crippen LogP contribution in [0.5, 0.6) is 0 Å². The predicted octanol–water partition coefficient (Wildman–Crippen LogP) is 11.7.